The second-order valence-corrected chi connectivity index (χ2v) is 6.09. The number of unbranched alkanes of at least 4 members (excludes halogenated alkanes) is 1. The molecule has 1 N–H and O–H groups in total. The van der Waals surface area contributed by atoms with Crippen molar-refractivity contribution in [3.8, 4) is 0 Å². The van der Waals surface area contributed by atoms with Gasteiger partial charge in [0.2, 0.25) is 5.91 Å². The van der Waals surface area contributed by atoms with Crippen LogP contribution in [0.5, 0.6) is 0 Å². The van der Waals surface area contributed by atoms with Crippen molar-refractivity contribution in [1.82, 2.24) is 4.72 Å². The highest BCUT2D eigenvalue weighted by molar-refractivity contribution is 7.99. The zero-order valence-electron chi connectivity index (χ0n) is 13.0. The molecule has 0 bridgehead atoms. The molecule has 0 aromatic rings. The average molecular weight is 409 g/mol. The van der Waals surface area contributed by atoms with Gasteiger partial charge >= 0.3 is 23.3 Å². The third kappa shape index (κ3) is 6.42. The van der Waals surface area contributed by atoms with Gasteiger partial charge in [0, 0.05) is 25.0 Å². The van der Waals surface area contributed by atoms with Gasteiger partial charge in [-0.2, -0.15) is 39.5 Å². The minimum absolute atomic E-state index is 0.0828. The zero-order chi connectivity index (χ0) is 20.1. The van der Waals surface area contributed by atoms with Crippen molar-refractivity contribution >= 4 is 17.9 Å². The summed E-state index contributed by atoms with van der Waals surface area (Å²) in [6.45, 7) is 3.72. The number of carbonyl (C=O) groups is 1. The molecule has 0 fully saturated rings. The zero-order valence-corrected chi connectivity index (χ0v) is 13.8. The van der Waals surface area contributed by atoms with E-state index in [0.717, 1.165) is 4.72 Å². The average Bonchev–Trinajstić information content (AvgIpc) is 2.42. The lowest BCUT2D eigenvalue weighted by Gasteiger charge is -2.32. The van der Waals surface area contributed by atoms with Crippen molar-refractivity contribution in [2.45, 2.75) is 62.5 Å². The molecular formula is C12H16F9NO2S. The Hall–Kier alpha value is -0.850. The molecule has 150 valence electrons. The van der Waals surface area contributed by atoms with E-state index in [4.69, 9.17) is 4.74 Å². The van der Waals surface area contributed by atoms with Crippen LogP contribution in [0.2, 0.25) is 0 Å². The fourth-order valence-corrected chi connectivity index (χ4v) is 1.90. The lowest BCUT2D eigenvalue weighted by Crippen LogP contribution is -2.60. The Balaban J connectivity index is 4.59. The van der Waals surface area contributed by atoms with Gasteiger partial charge in [0.05, 0.1) is 6.10 Å². The van der Waals surface area contributed by atoms with Crippen LogP contribution < -0.4 is 4.72 Å². The van der Waals surface area contributed by atoms with Crippen LogP contribution in [0, 0.1) is 0 Å². The Bertz CT molecular complexity index is 441. The molecule has 0 aliphatic rings. The summed E-state index contributed by atoms with van der Waals surface area (Å²) >= 11 is -1.49. The highest BCUT2D eigenvalue weighted by Gasteiger charge is 2.82. The molecule has 0 rings (SSSR count). The monoisotopic (exact) mass is 409 g/mol. The van der Waals surface area contributed by atoms with Gasteiger partial charge in [-0.3, -0.25) is 9.52 Å². The van der Waals surface area contributed by atoms with E-state index in [9.17, 15) is 44.3 Å². The smallest absolute Gasteiger partial charge is 0.379 e. The van der Waals surface area contributed by atoms with E-state index in [1.165, 1.54) is 0 Å². The topological polar surface area (TPSA) is 38.3 Å². The molecule has 0 aliphatic heterocycles. The van der Waals surface area contributed by atoms with Crippen LogP contribution in [0.1, 0.15) is 33.1 Å². The van der Waals surface area contributed by atoms with Gasteiger partial charge in [0.1, 0.15) is 0 Å². The van der Waals surface area contributed by atoms with E-state index in [-0.39, 0.29) is 19.1 Å². The maximum absolute atomic E-state index is 13.1. The van der Waals surface area contributed by atoms with Crippen LogP contribution in [0.15, 0.2) is 0 Å². The van der Waals surface area contributed by atoms with Crippen molar-refractivity contribution < 1.29 is 49.0 Å². The Morgan fingerprint density at radius 1 is 0.960 bits per heavy atom. The van der Waals surface area contributed by atoms with Crippen LogP contribution in [0.4, 0.5) is 39.5 Å². The molecule has 0 aromatic heterocycles. The highest BCUT2D eigenvalue weighted by atomic mass is 32.2. The number of rotatable bonds is 10. The van der Waals surface area contributed by atoms with Crippen LogP contribution in [0.25, 0.3) is 0 Å². The minimum Gasteiger partial charge on any atom is -0.379 e. The Morgan fingerprint density at radius 3 is 1.92 bits per heavy atom. The van der Waals surface area contributed by atoms with E-state index in [1.54, 1.807) is 13.8 Å². The maximum Gasteiger partial charge on any atom is 0.460 e. The summed E-state index contributed by atoms with van der Waals surface area (Å²) in [5.41, 5.74) is 0. The first-order chi connectivity index (χ1) is 11.1. The van der Waals surface area contributed by atoms with Gasteiger partial charge in [0.15, 0.2) is 0 Å². The summed E-state index contributed by atoms with van der Waals surface area (Å²) in [7, 11) is 0. The van der Waals surface area contributed by atoms with E-state index < -0.39 is 47.6 Å². The summed E-state index contributed by atoms with van der Waals surface area (Å²) in [5.74, 6) is -15.0. The van der Waals surface area contributed by atoms with Gasteiger partial charge in [-0.1, -0.05) is 0 Å². The van der Waals surface area contributed by atoms with Gasteiger partial charge in [-0.05, 0) is 26.7 Å². The summed E-state index contributed by atoms with van der Waals surface area (Å²) in [6.07, 6.45) is -6.96. The fourth-order valence-electron chi connectivity index (χ4n) is 1.30. The highest BCUT2D eigenvalue weighted by Crippen LogP contribution is 2.55. The third-order valence-corrected chi connectivity index (χ3v) is 3.50. The van der Waals surface area contributed by atoms with E-state index in [0.29, 0.717) is 6.42 Å². The summed E-state index contributed by atoms with van der Waals surface area (Å²) in [5, 5.41) is -5.89. The molecule has 0 aliphatic carbocycles. The number of ether oxygens (including phenoxy) is 1. The summed E-state index contributed by atoms with van der Waals surface area (Å²) in [4.78, 5) is 11.2. The van der Waals surface area contributed by atoms with Crippen LogP contribution in [0.3, 0.4) is 0 Å². The summed E-state index contributed by atoms with van der Waals surface area (Å²) < 4.78 is 119. The van der Waals surface area contributed by atoms with Crippen molar-refractivity contribution in [2.24, 2.45) is 0 Å². The largest absolute Gasteiger partial charge is 0.460 e. The number of hydrogen-bond donors (Lipinski definition) is 1. The molecular weight excluding hydrogens is 393 g/mol. The minimum atomic E-state index is -6.98. The molecule has 0 atom stereocenters. The van der Waals surface area contributed by atoms with Crippen LogP contribution in [-0.4, -0.2) is 41.9 Å². The molecule has 0 saturated heterocycles. The Kier molecular flexibility index (Phi) is 8.40. The van der Waals surface area contributed by atoms with Crippen molar-refractivity contribution in [1.29, 1.82) is 0 Å². The maximum atomic E-state index is 13.1. The first-order valence-electron chi connectivity index (χ1n) is 6.85. The predicted molar refractivity (Wildman–Crippen MR) is 71.6 cm³/mol. The Morgan fingerprint density at radius 2 is 1.48 bits per heavy atom. The van der Waals surface area contributed by atoms with Crippen LogP contribution in [-0.2, 0) is 9.53 Å². The molecule has 0 heterocycles. The van der Waals surface area contributed by atoms with Gasteiger partial charge in [-0.15, -0.1) is 0 Å². The van der Waals surface area contributed by atoms with E-state index in [1.807, 2.05) is 0 Å². The Labute approximate surface area is 141 Å². The van der Waals surface area contributed by atoms with Crippen molar-refractivity contribution in [3.63, 3.8) is 0 Å². The summed E-state index contributed by atoms with van der Waals surface area (Å²) in [6, 6.07) is 0. The molecule has 0 saturated carbocycles. The molecule has 3 nitrogen and oxygen atoms in total. The number of nitrogens with one attached hydrogen (secondary N) is 1. The number of hydrogen-bond acceptors (Lipinski definition) is 3. The van der Waals surface area contributed by atoms with Gasteiger partial charge in [0.25, 0.3) is 0 Å². The standard InChI is InChI=1S/C12H16F9NO2S/c1-7(2)24-6-4-3-5-8(23)22-25-12(20,21)10(15,16)9(13,14)11(17,18)19/h7H,3-6H2,1-2H3,(H,22,23). The fraction of sp³-hybridized carbons (Fsp3) is 0.917. The molecule has 0 spiro atoms. The lowest BCUT2D eigenvalue weighted by molar-refractivity contribution is -0.381. The van der Waals surface area contributed by atoms with E-state index >= 15 is 0 Å². The molecule has 25 heavy (non-hydrogen) atoms. The second kappa shape index (κ2) is 8.69. The first-order valence-corrected chi connectivity index (χ1v) is 7.66. The molecule has 13 heteroatoms. The van der Waals surface area contributed by atoms with E-state index in [2.05, 4.69) is 0 Å². The molecule has 1 amide bonds. The molecule has 0 aromatic carbocycles. The number of carbonyl (C=O) groups excluding carboxylic acids is 1. The number of halogens is 9. The normalized spacial score (nSPS) is 14.1. The van der Waals surface area contributed by atoms with Gasteiger partial charge in [-0.25, -0.2) is 0 Å². The molecule has 0 radical (unpaired) electrons. The first kappa shape index (κ1) is 24.1. The van der Waals surface area contributed by atoms with Crippen molar-refractivity contribution in [3.05, 3.63) is 0 Å². The lowest BCUT2D eigenvalue weighted by atomic mass is 10.1. The third-order valence-electron chi connectivity index (χ3n) is 2.66. The van der Waals surface area contributed by atoms with Crippen molar-refractivity contribution in [2.75, 3.05) is 6.61 Å². The SMILES string of the molecule is CC(C)OCCCCC(=O)NSC(F)(F)C(F)(F)C(F)(F)C(F)(F)F. The van der Waals surface area contributed by atoms with Crippen LogP contribution >= 0.6 is 11.9 Å². The molecule has 0 unspecified atom stereocenters. The van der Waals surface area contributed by atoms with Gasteiger partial charge < -0.3 is 4.74 Å². The number of amides is 1. The quantitative estimate of drug-likeness (QED) is 0.321. The number of alkyl halides is 9. The predicted octanol–water partition coefficient (Wildman–Crippen LogP) is 4.77. The second-order valence-electron chi connectivity index (χ2n) is 5.17.